The SMILES string of the molecule is C=C/C=c1/cc(-c2nc(Cl)ccc2O)[nH]/c1=C/C=C.CC. The summed E-state index contributed by atoms with van der Waals surface area (Å²) in [6.45, 7) is 11.3. The van der Waals surface area contributed by atoms with Gasteiger partial charge in [-0.1, -0.05) is 56.8 Å². The maximum atomic E-state index is 9.85. The lowest BCUT2D eigenvalue weighted by atomic mass is 10.2. The van der Waals surface area contributed by atoms with Gasteiger partial charge in [-0.15, -0.1) is 0 Å². The van der Waals surface area contributed by atoms with Crippen molar-refractivity contribution in [3.05, 3.63) is 59.2 Å². The maximum absolute atomic E-state index is 9.85. The van der Waals surface area contributed by atoms with E-state index in [1.165, 1.54) is 12.1 Å². The van der Waals surface area contributed by atoms with Crippen LogP contribution in [0.25, 0.3) is 23.5 Å². The van der Waals surface area contributed by atoms with Crippen molar-refractivity contribution in [3.63, 3.8) is 0 Å². The van der Waals surface area contributed by atoms with Crippen LogP contribution in [0, 0.1) is 0 Å². The molecule has 0 saturated carbocycles. The van der Waals surface area contributed by atoms with E-state index in [0.717, 1.165) is 10.6 Å². The number of aromatic nitrogens is 2. The highest BCUT2D eigenvalue weighted by molar-refractivity contribution is 6.29. The Kier molecular flexibility index (Phi) is 6.50. The van der Waals surface area contributed by atoms with Crippen LogP contribution in [0.3, 0.4) is 0 Å². The number of aromatic amines is 1. The van der Waals surface area contributed by atoms with Crippen molar-refractivity contribution in [2.24, 2.45) is 0 Å². The van der Waals surface area contributed by atoms with Gasteiger partial charge in [0.15, 0.2) is 0 Å². The molecule has 0 bridgehead atoms. The summed E-state index contributed by atoms with van der Waals surface area (Å²) >= 11 is 5.85. The molecule has 0 unspecified atom stereocenters. The molecule has 0 spiro atoms. The molecule has 0 aliphatic heterocycles. The molecule has 2 rings (SSSR count). The third-order valence-electron chi connectivity index (χ3n) is 2.56. The highest BCUT2D eigenvalue weighted by atomic mass is 35.5. The first-order valence-corrected chi connectivity index (χ1v) is 7.04. The molecule has 2 heterocycles. The highest BCUT2D eigenvalue weighted by Gasteiger charge is 2.08. The zero-order chi connectivity index (χ0) is 15.8. The van der Waals surface area contributed by atoms with Crippen LogP contribution in [0.5, 0.6) is 5.75 Å². The number of hydrogen-bond donors (Lipinski definition) is 2. The van der Waals surface area contributed by atoms with E-state index in [9.17, 15) is 5.11 Å². The van der Waals surface area contributed by atoms with Crippen LogP contribution in [0.4, 0.5) is 0 Å². The van der Waals surface area contributed by atoms with E-state index in [1.54, 1.807) is 12.2 Å². The van der Waals surface area contributed by atoms with Gasteiger partial charge in [-0.05, 0) is 24.3 Å². The molecule has 110 valence electrons. The second-order valence-electron chi connectivity index (χ2n) is 3.86. The van der Waals surface area contributed by atoms with Gasteiger partial charge in [0, 0.05) is 10.6 Å². The fourth-order valence-corrected chi connectivity index (χ4v) is 1.91. The third kappa shape index (κ3) is 4.10. The first kappa shape index (κ1) is 16.8. The summed E-state index contributed by atoms with van der Waals surface area (Å²) in [5, 5.41) is 12.0. The Labute approximate surface area is 129 Å². The predicted molar refractivity (Wildman–Crippen MR) is 90.6 cm³/mol. The Hall–Kier alpha value is -2.26. The van der Waals surface area contributed by atoms with Gasteiger partial charge >= 0.3 is 0 Å². The van der Waals surface area contributed by atoms with E-state index < -0.39 is 0 Å². The van der Waals surface area contributed by atoms with Gasteiger partial charge < -0.3 is 10.1 Å². The highest BCUT2D eigenvalue weighted by Crippen LogP contribution is 2.25. The van der Waals surface area contributed by atoms with Crippen LogP contribution in [0.1, 0.15) is 13.8 Å². The monoisotopic (exact) mass is 302 g/mol. The molecule has 0 saturated heterocycles. The van der Waals surface area contributed by atoms with Gasteiger partial charge in [-0.3, -0.25) is 0 Å². The van der Waals surface area contributed by atoms with Crippen molar-refractivity contribution in [2.75, 3.05) is 0 Å². The fourth-order valence-electron chi connectivity index (χ4n) is 1.76. The fraction of sp³-hybridized carbons (Fsp3) is 0.118. The molecular formula is C17H19ClN2O. The average molecular weight is 303 g/mol. The first-order valence-electron chi connectivity index (χ1n) is 6.66. The summed E-state index contributed by atoms with van der Waals surface area (Å²) in [4.78, 5) is 7.29. The summed E-state index contributed by atoms with van der Waals surface area (Å²) in [6, 6.07) is 4.92. The molecule has 0 atom stereocenters. The van der Waals surface area contributed by atoms with Crippen molar-refractivity contribution < 1.29 is 5.11 Å². The lowest BCUT2D eigenvalue weighted by Gasteiger charge is -2.00. The molecule has 0 aliphatic rings. The van der Waals surface area contributed by atoms with Crippen LogP contribution >= 0.6 is 11.6 Å². The number of allylic oxidation sites excluding steroid dienone is 2. The lowest BCUT2D eigenvalue weighted by Crippen LogP contribution is -2.21. The van der Waals surface area contributed by atoms with Crippen LogP contribution < -0.4 is 10.6 Å². The first-order chi connectivity index (χ1) is 10.2. The summed E-state index contributed by atoms with van der Waals surface area (Å²) < 4.78 is 0. The van der Waals surface area contributed by atoms with Crippen molar-refractivity contribution in [2.45, 2.75) is 13.8 Å². The van der Waals surface area contributed by atoms with Crippen LogP contribution in [0.15, 0.2) is 43.5 Å². The zero-order valence-electron chi connectivity index (χ0n) is 12.2. The van der Waals surface area contributed by atoms with E-state index in [1.807, 2.05) is 32.1 Å². The second-order valence-corrected chi connectivity index (χ2v) is 4.25. The second kappa shape index (κ2) is 8.12. The van der Waals surface area contributed by atoms with Crippen LogP contribution in [-0.4, -0.2) is 15.1 Å². The molecule has 0 radical (unpaired) electrons. The van der Waals surface area contributed by atoms with Gasteiger partial charge in [0.2, 0.25) is 0 Å². The van der Waals surface area contributed by atoms with Crippen molar-refractivity contribution in [1.82, 2.24) is 9.97 Å². The molecule has 2 aromatic heterocycles. The van der Waals surface area contributed by atoms with Gasteiger partial charge in [-0.25, -0.2) is 4.98 Å². The molecule has 21 heavy (non-hydrogen) atoms. The van der Waals surface area contributed by atoms with E-state index in [2.05, 4.69) is 23.1 Å². The van der Waals surface area contributed by atoms with Crippen LogP contribution in [-0.2, 0) is 0 Å². The Morgan fingerprint density at radius 1 is 1.19 bits per heavy atom. The number of rotatable bonds is 3. The normalized spacial score (nSPS) is 11.8. The smallest absolute Gasteiger partial charge is 0.143 e. The standard InChI is InChI=1S/C15H13ClN2O.C2H6/c1-3-5-10-9-12(17-11(10)6-4-2)15-13(19)7-8-14(16)18-15;1-2/h3-9,17,19H,1-2H2;1-2H3/b10-5-,11-6+;. The van der Waals surface area contributed by atoms with E-state index in [4.69, 9.17) is 11.6 Å². The molecule has 2 aromatic rings. The molecular weight excluding hydrogens is 284 g/mol. The van der Waals surface area contributed by atoms with Crippen molar-refractivity contribution in [3.8, 4) is 17.1 Å². The zero-order valence-corrected chi connectivity index (χ0v) is 13.0. The van der Waals surface area contributed by atoms with Crippen molar-refractivity contribution >= 4 is 23.8 Å². The predicted octanol–water partition coefficient (Wildman–Crippen LogP) is 3.39. The Morgan fingerprint density at radius 3 is 2.48 bits per heavy atom. The molecule has 0 aromatic carbocycles. The van der Waals surface area contributed by atoms with Gasteiger partial charge in [0.25, 0.3) is 0 Å². The summed E-state index contributed by atoms with van der Waals surface area (Å²) in [6.07, 6.45) is 7.07. The van der Waals surface area contributed by atoms with Crippen LogP contribution in [0.2, 0.25) is 5.15 Å². The number of nitrogens with one attached hydrogen (secondary N) is 1. The van der Waals surface area contributed by atoms with E-state index in [0.29, 0.717) is 16.5 Å². The molecule has 2 N–H and O–H groups in total. The number of H-pyrrole nitrogens is 1. The largest absolute Gasteiger partial charge is 0.506 e. The number of nitrogens with zero attached hydrogens (tertiary/aromatic N) is 1. The number of pyridine rings is 1. The van der Waals surface area contributed by atoms with E-state index >= 15 is 0 Å². The molecule has 4 heteroatoms. The number of hydrogen-bond acceptors (Lipinski definition) is 2. The summed E-state index contributed by atoms with van der Waals surface area (Å²) in [5.41, 5.74) is 1.09. The van der Waals surface area contributed by atoms with Crippen molar-refractivity contribution in [1.29, 1.82) is 0 Å². The Balaban J connectivity index is 0.00000106. The third-order valence-corrected chi connectivity index (χ3v) is 2.77. The minimum atomic E-state index is 0.0703. The quantitative estimate of drug-likeness (QED) is 0.854. The molecule has 0 aliphatic carbocycles. The lowest BCUT2D eigenvalue weighted by molar-refractivity contribution is 0.475. The molecule has 0 amide bonds. The number of halogens is 1. The van der Waals surface area contributed by atoms with E-state index in [-0.39, 0.29) is 5.75 Å². The Bertz CT molecular complexity index is 707. The molecule has 0 fully saturated rings. The maximum Gasteiger partial charge on any atom is 0.143 e. The summed E-state index contributed by atoms with van der Waals surface area (Å²) in [7, 11) is 0. The summed E-state index contributed by atoms with van der Waals surface area (Å²) in [5.74, 6) is 0.0703. The number of aromatic hydroxyl groups is 1. The minimum absolute atomic E-state index is 0.0703. The minimum Gasteiger partial charge on any atom is -0.506 e. The van der Waals surface area contributed by atoms with Gasteiger partial charge in [0.1, 0.15) is 16.6 Å². The Morgan fingerprint density at radius 2 is 1.86 bits per heavy atom. The van der Waals surface area contributed by atoms with Gasteiger partial charge in [0.05, 0.1) is 5.69 Å². The topological polar surface area (TPSA) is 48.9 Å². The average Bonchev–Trinajstić information content (AvgIpc) is 2.87. The molecule has 3 nitrogen and oxygen atoms in total. The van der Waals surface area contributed by atoms with Gasteiger partial charge in [-0.2, -0.15) is 0 Å².